The van der Waals surface area contributed by atoms with Crippen LogP contribution < -0.4 is 10.6 Å². The average molecular weight is 297 g/mol. The highest BCUT2D eigenvalue weighted by atomic mass is 16.1. The van der Waals surface area contributed by atoms with Gasteiger partial charge in [0.1, 0.15) is 18.1 Å². The van der Waals surface area contributed by atoms with E-state index in [0.29, 0.717) is 24.5 Å². The summed E-state index contributed by atoms with van der Waals surface area (Å²) in [5, 5.41) is 23.9. The Morgan fingerprint density at radius 1 is 1.41 bits per heavy atom. The smallest absolute Gasteiger partial charge is 0.233 e. The lowest BCUT2D eigenvalue weighted by molar-refractivity contribution is 0.224. The van der Waals surface area contributed by atoms with E-state index in [4.69, 9.17) is 10.5 Å². The summed E-state index contributed by atoms with van der Waals surface area (Å²) >= 11 is 0. The van der Waals surface area contributed by atoms with E-state index in [2.05, 4.69) is 21.7 Å². The van der Waals surface area contributed by atoms with Crippen LogP contribution in [0.2, 0.25) is 0 Å². The zero-order valence-corrected chi connectivity index (χ0v) is 12.1. The summed E-state index contributed by atoms with van der Waals surface area (Å²) in [6.45, 7) is 1.84. The fraction of sp³-hybridized carbons (Fsp3) is 0.467. The second-order valence-electron chi connectivity index (χ2n) is 4.97. The van der Waals surface area contributed by atoms with Gasteiger partial charge in [0.25, 0.3) is 0 Å². The predicted octanol–water partition coefficient (Wildman–Crippen LogP) is 0.379. The molecule has 113 valence electrons. The molecule has 0 aliphatic carbocycles. The van der Waals surface area contributed by atoms with Crippen molar-refractivity contribution >= 4 is 12.1 Å². The molecule has 22 heavy (non-hydrogen) atoms. The Labute approximate surface area is 129 Å². The van der Waals surface area contributed by atoms with Gasteiger partial charge in [0.15, 0.2) is 0 Å². The quantitative estimate of drug-likeness (QED) is 0.701. The molecule has 0 amide bonds. The van der Waals surface area contributed by atoms with E-state index in [0.717, 1.165) is 19.4 Å². The Hall–Kier alpha value is -2.48. The van der Waals surface area contributed by atoms with Crippen LogP contribution in [-0.2, 0) is 4.79 Å². The zero-order valence-electron chi connectivity index (χ0n) is 12.1. The van der Waals surface area contributed by atoms with Gasteiger partial charge in [0.2, 0.25) is 6.29 Å². The SMILES string of the molecule is N#Cc1ccc(NCCNC([C]=O)N2CCCC2C#N)nc1. The third kappa shape index (κ3) is 4.01. The van der Waals surface area contributed by atoms with Gasteiger partial charge in [-0.3, -0.25) is 15.0 Å². The highest BCUT2D eigenvalue weighted by Crippen LogP contribution is 2.17. The normalized spacial score (nSPS) is 19.1. The fourth-order valence-corrected chi connectivity index (χ4v) is 2.43. The Kier molecular flexibility index (Phi) is 5.84. The van der Waals surface area contributed by atoms with E-state index in [-0.39, 0.29) is 6.04 Å². The van der Waals surface area contributed by atoms with Crippen molar-refractivity contribution in [2.45, 2.75) is 25.0 Å². The molecule has 1 fully saturated rings. The van der Waals surface area contributed by atoms with E-state index in [1.807, 2.05) is 17.3 Å². The van der Waals surface area contributed by atoms with Crippen LogP contribution in [0.5, 0.6) is 0 Å². The van der Waals surface area contributed by atoms with Crippen molar-refractivity contribution in [3.8, 4) is 12.1 Å². The highest BCUT2D eigenvalue weighted by Gasteiger charge is 2.30. The summed E-state index contributed by atoms with van der Waals surface area (Å²) in [5.41, 5.74) is 0.510. The maximum absolute atomic E-state index is 11.1. The number of rotatable bonds is 7. The molecule has 2 N–H and O–H groups in total. The molecule has 1 aromatic heterocycles. The van der Waals surface area contributed by atoms with E-state index in [1.54, 1.807) is 12.1 Å². The minimum atomic E-state index is -0.553. The number of anilines is 1. The van der Waals surface area contributed by atoms with Crippen molar-refractivity contribution < 1.29 is 4.79 Å². The van der Waals surface area contributed by atoms with Gasteiger partial charge in [0, 0.05) is 25.8 Å². The van der Waals surface area contributed by atoms with Crippen LogP contribution in [0.3, 0.4) is 0 Å². The van der Waals surface area contributed by atoms with Crippen LogP contribution >= 0.6 is 0 Å². The van der Waals surface area contributed by atoms with Crippen molar-refractivity contribution in [3.63, 3.8) is 0 Å². The molecule has 2 heterocycles. The second-order valence-corrected chi connectivity index (χ2v) is 4.97. The van der Waals surface area contributed by atoms with Crippen LogP contribution in [0, 0.1) is 22.7 Å². The van der Waals surface area contributed by atoms with Gasteiger partial charge < -0.3 is 5.32 Å². The number of hydrogen-bond acceptors (Lipinski definition) is 7. The van der Waals surface area contributed by atoms with Crippen molar-refractivity contribution in [1.82, 2.24) is 15.2 Å². The predicted molar refractivity (Wildman–Crippen MR) is 80.3 cm³/mol. The lowest BCUT2D eigenvalue weighted by Crippen LogP contribution is -2.49. The topological polar surface area (TPSA) is 105 Å². The zero-order chi connectivity index (χ0) is 15.8. The molecular weight excluding hydrogens is 280 g/mol. The molecule has 0 bridgehead atoms. The molecule has 1 radical (unpaired) electrons. The lowest BCUT2D eigenvalue weighted by atomic mass is 10.2. The summed E-state index contributed by atoms with van der Waals surface area (Å²) in [6.07, 6.45) is 4.62. The second kappa shape index (κ2) is 8.08. The lowest BCUT2D eigenvalue weighted by Gasteiger charge is -2.25. The summed E-state index contributed by atoms with van der Waals surface area (Å²) in [5.74, 6) is 0.670. The molecule has 1 aromatic rings. The first-order chi connectivity index (χ1) is 10.8. The van der Waals surface area contributed by atoms with Gasteiger partial charge in [0.05, 0.1) is 17.7 Å². The summed E-state index contributed by atoms with van der Waals surface area (Å²) in [7, 11) is 0. The molecule has 1 aliphatic rings. The number of pyridine rings is 1. The summed E-state index contributed by atoms with van der Waals surface area (Å²) < 4.78 is 0. The van der Waals surface area contributed by atoms with Crippen LogP contribution in [-0.4, -0.2) is 48.0 Å². The van der Waals surface area contributed by atoms with E-state index < -0.39 is 6.17 Å². The summed E-state index contributed by atoms with van der Waals surface area (Å²) in [4.78, 5) is 17.0. The number of carbonyl (C=O) groups excluding carboxylic acids is 1. The maximum atomic E-state index is 11.1. The van der Waals surface area contributed by atoms with Crippen molar-refractivity contribution in [2.24, 2.45) is 0 Å². The molecule has 7 nitrogen and oxygen atoms in total. The Balaban J connectivity index is 1.76. The van der Waals surface area contributed by atoms with Crippen LogP contribution in [0.4, 0.5) is 5.82 Å². The van der Waals surface area contributed by atoms with Gasteiger partial charge in [-0.25, -0.2) is 4.98 Å². The number of aromatic nitrogens is 1. The van der Waals surface area contributed by atoms with Crippen molar-refractivity contribution in [1.29, 1.82) is 10.5 Å². The minimum absolute atomic E-state index is 0.216. The summed E-state index contributed by atoms with van der Waals surface area (Å²) in [6, 6.07) is 7.42. The molecule has 2 atom stereocenters. The number of nitriles is 2. The first-order valence-electron chi connectivity index (χ1n) is 7.15. The van der Waals surface area contributed by atoms with Gasteiger partial charge in [-0.2, -0.15) is 10.5 Å². The van der Waals surface area contributed by atoms with E-state index in [1.165, 1.54) is 6.20 Å². The van der Waals surface area contributed by atoms with E-state index >= 15 is 0 Å². The molecular formula is C15H17N6O. The maximum Gasteiger partial charge on any atom is 0.233 e. The first kappa shape index (κ1) is 15.9. The number of nitrogens with zero attached hydrogens (tertiary/aromatic N) is 4. The fourth-order valence-electron chi connectivity index (χ4n) is 2.43. The van der Waals surface area contributed by atoms with Crippen molar-refractivity contribution in [2.75, 3.05) is 25.0 Å². The third-order valence-corrected chi connectivity index (χ3v) is 3.55. The number of likely N-dealkylation sites (tertiary alicyclic amines) is 1. The standard InChI is InChI=1S/C15H17N6O/c16-8-12-3-4-14(20-10-12)18-5-6-19-15(11-22)21-7-1-2-13(21)9-17/h3-4,10,13,15,19H,1-2,5-7H2,(H,18,20). The molecule has 2 unspecified atom stereocenters. The van der Waals surface area contributed by atoms with Crippen LogP contribution in [0.1, 0.15) is 18.4 Å². The number of hydrogen-bond donors (Lipinski definition) is 2. The Bertz CT molecular complexity index is 573. The molecule has 1 saturated heterocycles. The van der Waals surface area contributed by atoms with Crippen LogP contribution in [0.15, 0.2) is 18.3 Å². The molecule has 7 heteroatoms. The molecule has 1 aliphatic heterocycles. The van der Waals surface area contributed by atoms with Gasteiger partial charge in [-0.15, -0.1) is 0 Å². The monoisotopic (exact) mass is 297 g/mol. The minimum Gasteiger partial charge on any atom is -0.369 e. The van der Waals surface area contributed by atoms with Gasteiger partial charge in [-0.1, -0.05) is 0 Å². The molecule has 0 aromatic carbocycles. The Morgan fingerprint density at radius 3 is 2.91 bits per heavy atom. The van der Waals surface area contributed by atoms with Gasteiger partial charge in [-0.05, 0) is 25.0 Å². The largest absolute Gasteiger partial charge is 0.369 e. The van der Waals surface area contributed by atoms with Crippen molar-refractivity contribution in [3.05, 3.63) is 23.9 Å². The first-order valence-corrected chi connectivity index (χ1v) is 7.15. The third-order valence-electron chi connectivity index (χ3n) is 3.55. The molecule has 2 rings (SSSR count). The Morgan fingerprint density at radius 2 is 2.27 bits per heavy atom. The highest BCUT2D eigenvalue weighted by molar-refractivity contribution is 5.58. The van der Waals surface area contributed by atoms with Crippen LogP contribution in [0.25, 0.3) is 0 Å². The van der Waals surface area contributed by atoms with E-state index in [9.17, 15) is 4.79 Å². The molecule has 0 spiro atoms. The average Bonchev–Trinajstić information content (AvgIpc) is 3.04. The number of nitrogens with one attached hydrogen (secondary N) is 2. The van der Waals surface area contributed by atoms with Gasteiger partial charge >= 0.3 is 0 Å². The molecule has 0 saturated carbocycles.